The number of fused-ring (bicyclic) bond motifs is 2. The molecule has 1 aromatic heterocycles. The lowest BCUT2D eigenvalue weighted by Crippen LogP contribution is -2.13. The van der Waals surface area contributed by atoms with Crippen molar-refractivity contribution < 1.29 is 0 Å². The van der Waals surface area contributed by atoms with E-state index in [9.17, 15) is 0 Å². The van der Waals surface area contributed by atoms with Crippen LogP contribution in [0.3, 0.4) is 0 Å². The predicted octanol–water partition coefficient (Wildman–Crippen LogP) is 4.57. The summed E-state index contributed by atoms with van der Waals surface area (Å²) in [6.07, 6.45) is 6.59. The summed E-state index contributed by atoms with van der Waals surface area (Å²) in [7, 11) is 0. The molecule has 1 aromatic carbocycles. The molecule has 0 bridgehead atoms. The highest BCUT2D eigenvalue weighted by molar-refractivity contribution is 6.39. The van der Waals surface area contributed by atoms with Crippen LogP contribution >= 0.6 is 23.2 Å². The molecule has 22 heavy (non-hydrogen) atoms. The van der Waals surface area contributed by atoms with Crippen LogP contribution in [-0.2, 0) is 12.8 Å². The van der Waals surface area contributed by atoms with Gasteiger partial charge in [0.1, 0.15) is 0 Å². The average molecular weight is 338 g/mol. The van der Waals surface area contributed by atoms with Gasteiger partial charge in [0.05, 0.1) is 16.2 Å². The van der Waals surface area contributed by atoms with Crippen LogP contribution in [0.15, 0.2) is 12.1 Å². The van der Waals surface area contributed by atoms with Gasteiger partial charge in [-0.2, -0.15) is 0 Å². The molecule has 0 amide bonds. The number of benzene rings is 1. The number of hydrogen-bond acceptors (Lipinski definition) is 3. The largest absolute Gasteiger partial charge is 0.384 e. The Morgan fingerprint density at radius 3 is 2.77 bits per heavy atom. The molecule has 0 saturated carbocycles. The fourth-order valence-corrected chi connectivity index (χ4v) is 3.73. The first-order chi connectivity index (χ1) is 10.7. The topological polar surface area (TPSA) is 50.9 Å². The minimum absolute atomic E-state index is 0.634. The van der Waals surface area contributed by atoms with Crippen LogP contribution < -0.4 is 11.1 Å². The van der Waals surface area contributed by atoms with Gasteiger partial charge in [-0.15, -0.1) is 0 Å². The van der Waals surface area contributed by atoms with E-state index >= 15 is 0 Å². The zero-order valence-electron chi connectivity index (χ0n) is 12.6. The van der Waals surface area contributed by atoms with E-state index in [1.807, 2.05) is 6.07 Å². The summed E-state index contributed by atoms with van der Waals surface area (Å²) in [6.45, 7) is 1.63. The Morgan fingerprint density at radius 1 is 1.14 bits per heavy atom. The van der Waals surface area contributed by atoms with E-state index in [1.165, 1.54) is 24.1 Å². The minimum Gasteiger partial charge on any atom is -0.384 e. The lowest BCUT2D eigenvalue weighted by Gasteiger charge is -2.22. The molecule has 1 aliphatic rings. The number of hydrogen-bond donors (Lipinski definition) is 2. The van der Waals surface area contributed by atoms with Gasteiger partial charge < -0.3 is 11.1 Å². The summed E-state index contributed by atoms with van der Waals surface area (Å²) in [5, 5.41) is 5.89. The van der Waals surface area contributed by atoms with Crippen molar-refractivity contribution in [2.75, 3.05) is 18.4 Å². The number of nitrogens with zero attached hydrogens (tertiary/aromatic N) is 1. The zero-order chi connectivity index (χ0) is 15.5. The maximum atomic E-state index is 6.47. The molecular weight excluding hydrogens is 317 g/mol. The monoisotopic (exact) mass is 337 g/mol. The summed E-state index contributed by atoms with van der Waals surface area (Å²) >= 11 is 12.6. The van der Waals surface area contributed by atoms with Gasteiger partial charge in [0.15, 0.2) is 0 Å². The van der Waals surface area contributed by atoms with Gasteiger partial charge >= 0.3 is 0 Å². The lowest BCUT2D eigenvalue weighted by atomic mass is 9.92. The van der Waals surface area contributed by atoms with Crippen molar-refractivity contribution in [2.45, 2.75) is 38.5 Å². The molecule has 0 fully saturated rings. The van der Waals surface area contributed by atoms with Gasteiger partial charge in [0, 0.05) is 22.6 Å². The van der Waals surface area contributed by atoms with E-state index in [0.29, 0.717) is 10.0 Å². The van der Waals surface area contributed by atoms with Gasteiger partial charge in [-0.3, -0.25) is 4.98 Å². The van der Waals surface area contributed by atoms with Crippen molar-refractivity contribution in [3.05, 3.63) is 33.4 Å². The molecular formula is C17H21Cl2N3. The quantitative estimate of drug-likeness (QED) is 0.785. The molecule has 0 saturated heterocycles. The number of halogens is 2. The van der Waals surface area contributed by atoms with Gasteiger partial charge in [-0.05, 0) is 62.8 Å². The van der Waals surface area contributed by atoms with Crippen molar-refractivity contribution in [1.29, 1.82) is 0 Å². The van der Waals surface area contributed by atoms with Crippen LogP contribution in [0.2, 0.25) is 10.0 Å². The summed E-state index contributed by atoms with van der Waals surface area (Å²) < 4.78 is 0. The maximum Gasteiger partial charge on any atom is 0.0756 e. The van der Waals surface area contributed by atoms with E-state index in [1.54, 1.807) is 6.07 Å². The lowest BCUT2D eigenvalue weighted by molar-refractivity contribution is 0.671. The molecule has 0 unspecified atom stereocenters. The zero-order valence-corrected chi connectivity index (χ0v) is 14.1. The molecule has 2 aromatic rings. The molecule has 3 nitrogen and oxygen atoms in total. The Kier molecular flexibility index (Phi) is 5.07. The summed E-state index contributed by atoms with van der Waals surface area (Å²) in [5.41, 5.74) is 10.1. The highest BCUT2D eigenvalue weighted by Gasteiger charge is 2.19. The SMILES string of the molecule is NCCCCNc1c2c(nc3cc(Cl)cc(Cl)c13)CCCC2. The first kappa shape index (κ1) is 15.9. The second kappa shape index (κ2) is 7.03. The molecule has 1 aliphatic carbocycles. The Labute approximate surface area is 141 Å². The highest BCUT2D eigenvalue weighted by atomic mass is 35.5. The van der Waals surface area contributed by atoms with Crippen LogP contribution in [-0.4, -0.2) is 18.1 Å². The second-order valence-electron chi connectivity index (χ2n) is 5.82. The van der Waals surface area contributed by atoms with Crippen LogP contribution in [0, 0.1) is 0 Å². The number of aromatic nitrogens is 1. The molecule has 3 rings (SSSR count). The molecule has 3 N–H and O–H groups in total. The van der Waals surface area contributed by atoms with Gasteiger partial charge in [-0.25, -0.2) is 0 Å². The van der Waals surface area contributed by atoms with Crippen molar-refractivity contribution >= 4 is 39.8 Å². The van der Waals surface area contributed by atoms with Gasteiger partial charge in [-0.1, -0.05) is 23.2 Å². The summed E-state index contributed by atoms with van der Waals surface area (Å²) in [5.74, 6) is 0. The smallest absolute Gasteiger partial charge is 0.0756 e. The van der Waals surface area contributed by atoms with E-state index in [4.69, 9.17) is 33.9 Å². The minimum atomic E-state index is 0.634. The Balaban J connectivity index is 2.08. The maximum absolute atomic E-state index is 6.47. The third-order valence-electron chi connectivity index (χ3n) is 4.21. The molecule has 0 aliphatic heterocycles. The number of nitrogens with one attached hydrogen (secondary N) is 1. The Hall–Kier alpha value is -1.03. The third kappa shape index (κ3) is 3.17. The second-order valence-corrected chi connectivity index (χ2v) is 6.67. The van der Waals surface area contributed by atoms with E-state index in [0.717, 1.165) is 55.4 Å². The highest BCUT2D eigenvalue weighted by Crippen LogP contribution is 2.38. The average Bonchev–Trinajstić information content (AvgIpc) is 2.50. The van der Waals surface area contributed by atoms with Crippen molar-refractivity contribution in [3.63, 3.8) is 0 Å². The van der Waals surface area contributed by atoms with E-state index < -0.39 is 0 Å². The number of nitrogens with two attached hydrogens (primary N) is 1. The molecule has 0 spiro atoms. The van der Waals surface area contributed by atoms with Gasteiger partial charge in [0.2, 0.25) is 0 Å². The number of anilines is 1. The molecule has 118 valence electrons. The molecule has 0 atom stereocenters. The fraction of sp³-hybridized carbons (Fsp3) is 0.471. The van der Waals surface area contributed by atoms with Crippen LogP contribution in [0.5, 0.6) is 0 Å². The molecule has 0 radical (unpaired) electrons. The Bertz CT molecular complexity index is 685. The van der Waals surface area contributed by atoms with E-state index in [-0.39, 0.29) is 0 Å². The van der Waals surface area contributed by atoms with Crippen LogP contribution in [0.4, 0.5) is 5.69 Å². The summed E-state index contributed by atoms with van der Waals surface area (Å²) in [4.78, 5) is 4.81. The number of aryl methyl sites for hydroxylation is 1. The van der Waals surface area contributed by atoms with E-state index in [2.05, 4.69) is 5.32 Å². The van der Waals surface area contributed by atoms with Crippen molar-refractivity contribution in [3.8, 4) is 0 Å². The Morgan fingerprint density at radius 2 is 1.95 bits per heavy atom. The fourth-order valence-electron chi connectivity index (χ4n) is 3.15. The standard InChI is InChI=1S/C17H21Cl2N3/c18-11-9-13(19)16-15(10-11)22-14-6-2-1-5-12(14)17(16)21-8-4-3-7-20/h9-10H,1-8,20H2,(H,21,22). The number of unbranched alkanes of at least 4 members (excludes halogenated alkanes) is 1. The molecule has 1 heterocycles. The third-order valence-corrected chi connectivity index (χ3v) is 4.73. The number of pyridine rings is 1. The van der Waals surface area contributed by atoms with Crippen molar-refractivity contribution in [1.82, 2.24) is 4.98 Å². The summed E-state index contributed by atoms with van der Waals surface area (Å²) in [6, 6.07) is 3.70. The molecule has 5 heteroatoms. The van der Waals surface area contributed by atoms with Crippen LogP contribution in [0.25, 0.3) is 10.9 Å². The van der Waals surface area contributed by atoms with Gasteiger partial charge in [0.25, 0.3) is 0 Å². The van der Waals surface area contributed by atoms with Crippen LogP contribution in [0.1, 0.15) is 36.9 Å². The normalized spacial score (nSPS) is 14.1. The van der Waals surface area contributed by atoms with Crippen molar-refractivity contribution in [2.24, 2.45) is 5.73 Å². The first-order valence-corrected chi connectivity index (χ1v) is 8.70. The first-order valence-electron chi connectivity index (χ1n) is 7.95. The predicted molar refractivity (Wildman–Crippen MR) is 95.2 cm³/mol. The number of rotatable bonds is 5.